The van der Waals surface area contributed by atoms with Crippen LogP contribution in [0.4, 0.5) is 4.79 Å². The van der Waals surface area contributed by atoms with Crippen LogP contribution in [-0.4, -0.2) is 30.2 Å². The van der Waals surface area contributed by atoms with Gasteiger partial charge in [-0.2, -0.15) is 5.26 Å². The number of alkyl carbamates (subject to hydrolysis) is 1. The molecule has 0 spiro atoms. The minimum absolute atomic E-state index is 0.0872. The number of carbonyl (C=O) groups excluding carboxylic acids is 3. The number of nitriles is 1. The Labute approximate surface area is 132 Å². The molecule has 0 saturated heterocycles. The quantitative estimate of drug-likeness (QED) is 0.693. The van der Waals surface area contributed by atoms with Gasteiger partial charge in [0, 0.05) is 12.4 Å². The van der Waals surface area contributed by atoms with Crippen LogP contribution in [0, 0.1) is 11.3 Å². The number of ether oxygens (including phenoxy) is 2. The largest absolute Gasteiger partial charge is 0.550 e. The van der Waals surface area contributed by atoms with Crippen LogP contribution in [0.1, 0.15) is 18.9 Å². The third kappa shape index (κ3) is 5.32. The van der Waals surface area contributed by atoms with Gasteiger partial charge in [0.05, 0.1) is 6.61 Å². The Bertz CT molecular complexity index is 610. The summed E-state index contributed by atoms with van der Waals surface area (Å²) < 4.78 is 9.51. The normalized spacial score (nSPS) is 12.3. The molecule has 1 aromatic rings. The van der Waals surface area contributed by atoms with Crippen LogP contribution in [0.3, 0.4) is 0 Å². The maximum absolute atomic E-state index is 11.8. The van der Waals surface area contributed by atoms with E-state index in [0.29, 0.717) is 5.56 Å². The number of hydrogen-bond donors (Lipinski definition) is 1. The third-order valence-electron chi connectivity index (χ3n) is 2.75. The predicted molar refractivity (Wildman–Crippen MR) is 74.4 cm³/mol. The summed E-state index contributed by atoms with van der Waals surface area (Å²) in [5.74, 6) is -2.88. The van der Waals surface area contributed by atoms with Crippen molar-refractivity contribution in [2.45, 2.75) is 25.5 Å². The summed E-state index contributed by atoms with van der Waals surface area (Å²) in [6, 6.07) is 10.1. The van der Waals surface area contributed by atoms with Gasteiger partial charge in [-0.15, -0.1) is 0 Å². The van der Waals surface area contributed by atoms with Crippen molar-refractivity contribution in [3.63, 3.8) is 0 Å². The van der Waals surface area contributed by atoms with Crippen LogP contribution in [0.25, 0.3) is 0 Å². The summed E-state index contributed by atoms with van der Waals surface area (Å²) in [4.78, 5) is 34.4. The minimum atomic E-state index is -2.40. The van der Waals surface area contributed by atoms with Crippen molar-refractivity contribution in [1.29, 1.82) is 5.26 Å². The first-order chi connectivity index (χ1) is 10.9. The fourth-order valence-electron chi connectivity index (χ4n) is 1.68. The van der Waals surface area contributed by atoms with Gasteiger partial charge in [-0.05, 0) is 12.5 Å². The monoisotopic (exact) mass is 319 g/mol. The molecule has 0 radical (unpaired) electrons. The molecular formula is C15H15N2O6-. The molecule has 122 valence electrons. The van der Waals surface area contributed by atoms with Crippen LogP contribution in [-0.2, 0) is 25.7 Å². The number of carboxylic acid groups (broad SMARTS) is 1. The molecular weight excluding hydrogens is 304 g/mol. The first-order valence-corrected chi connectivity index (χ1v) is 6.70. The van der Waals surface area contributed by atoms with Gasteiger partial charge in [0.15, 0.2) is 0 Å². The molecule has 1 atom stereocenters. The molecule has 0 bridgehead atoms. The van der Waals surface area contributed by atoms with Gasteiger partial charge in [0.1, 0.15) is 12.7 Å². The molecule has 8 nitrogen and oxygen atoms in total. The molecule has 0 aliphatic heterocycles. The van der Waals surface area contributed by atoms with Gasteiger partial charge >= 0.3 is 12.1 Å². The lowest BCUT2D eigenvalue weighted by Gasteiger charge is -2.25. The maximum Gasteiger partial charge on any atom is 0.409 e. The zero-order valence-corrected chi connectivity index (χ0v) is 12.4. The molecule has 0 aliphatic carbocycles. The molecule has 1 aromatic carbocycles. The van der Waals surface area contributed by atoms with E-state index in [2.05, 4.69) is 4.74 Å². The smallest absolute Gasteiger partial charge is 0.409 e. The highest BCUT2D eigenvalue weighted by Crippen LogP contribution is 2.13. The van der Waals surface area contributed by atoms with E-state index in [1.54, 1.807) is 30.3 Å². The molecule has 1 unspecified atom stereocenters. The van der Waals surface area contributed by atoms with Gasteiger partial charge in [-0.25, -0.2) is 9.59 Å². The topological polar surface area (TPSA) is 129 Å². The Morgan fingerprint density at radius 2 is 1.91 bits per heavy atom. The zero-order valence-electron chi connectivity index (χ0n) is 12.4. The fourth-order valence-corrected chi connectivity index (χ4v) is 1.68. The third-order valence-corrected chi connectivity index (χ3v) is 2.75. The number of nitrogens with zero attached hydrogens (tertiary/aromatic N) is 1. The van der Waals surface area contributed by atoms with Crippen LogP contribution >= 0.6 is 0 Å². The van der Waals surface area contributed by atoms with Crippen LogP contribution in [0.2, 0.25) is 0 Å². The molecule has 0 saturated carbocycles. The molecule has 23 heavy (non-hydrogen) atoms. The van der Waals surface area contributed by atoms with Crippen LogP contribution in [0.5, 0.6) is 0 Å². The number of carbonyl (C=O) groups is 3. The molecule has 0 heterocycles. The summed E-state index contributed by atoms with van der Waals surface area (Å²) in [5.41, 5.74) is -1.72. The summed E-state index contributed by atoms with van der Waals surface area (Å²) in [6.45, 7) is 1.28. The van der Waals surface area contributed by atoms with Gasteiger partial charge in [-0.3, -0.25) is 5.32 Å². The second kappa shape index (κ2) is 8.38. The van der Waals surface area contributed by atoms with Gasteiger partial charge in [0.25, 0.3) is 0 Å². The summed E-state index contributed by atoms with van der Waals surface area (Å²) >= 11 is 0. The van der Waals surface area contributed by atoms with E-state index in [4.69, 9.17) is 10.00 Å². The average molecular weight is 319 g/mol. The molecule has 1 N–H and O–H groups in total. The molecule has 0 aliphatic rings. The van der Waals surface area contributed by atoms with E-state index in [-0.39, 0.29) is 13.2 Å². The number of benzene rings is 1. The van der Waals surface area contributed by atoms with E-state index < -0.39 is 30.0 Å². The van der Waals surface area contributed by atoms with Crippen molar-refractivity contribution in [2.24, 2.45) is 0 Å². The number of amides is 1. The van der Waals surface area contributed by atoms with Crippen molar-refractivity contribution in [2.75, 3.05) is 6.61 Å². The summed E-state index contributed by atoms with van der Waals surface area (Å²) in [7, 11) is 0. The summed E-state index contributed by atoms with van der Waals surface area (Å²) in [5, 5.41) is 21.9. The Kier molecular flexibility index (Phi) is 6.55. The first kappa shape index (κ1) is 18.0. The standard InChI is InChI=1S/C15H16N2O6/c1-2-22-13(20)15(10-16,8-12(18)19)17-14(21)23-9-11-6-4-3-5-7-11/h3-7H,2,8-9H2,1H3,(H,17,21)(H,18,19)/p-1. The van der Waals surface area contributed by atoms with Crippen molar-refractivity contribution >= 4 is 18.0 Å². The molecule has 1 rings (SSSR count). The van der Waals surface area contributed by atoms with Crippen molar-refractivity contribution in [3.05, 3.63) is 35.9 Å². The van der Waals surface area contributed by atoms with Crippen LogP contribution < -0.4 is 10.4 Å². The molecule has 0 aromatic heterocycles. The fraction of sp³-hybridized carbons (Fsp3) is 0.333. The second-order valence-electron chi connectivity index (χ2n) is 4.47. The first-order valence-electron chi connectivity index (χ1n) is 6.70. The highest BCUT2D eigenvalue weighted by atomic mass is 16.6. The Morgan fingerprint density at radius 1 is 1.26 bits per heavy atom. The lowest BCUT2D eigenvalue weighted by molar-refractivity contribution is -0.306. The Balaban J connectivity index is 2.79. The number of esters is 1. The van der Waals surface area contributed by atoms with Crippen molar-refractivity contribution in [1.82, 2.24) is 5.32 Å². The SMILES string of the molecule is CCOC(=O)C(C#N)(CC(=O)[O-])NC(=O)OCc1ccccc1. The second-order valence-corrected chi connectivity index (χ2v) is 4.47. The lowest BCUT2D eigenvalue weighted by atomic mass is 9.97. The van der Waals surface area contributed by atoms with E-state index in [1.165, 1.54) is 13.0 Å². The van der Waals surface area contributed by atoms with E-state index in [1.807, 2.05) is 5.32 Å². The summed E-state index contributed by atoms with van der Waals surface area (Å²) in [6.07, 6.45) is -2.17. The van der Waals surface area contributed by atoms with E-state index in [9.17, 15) is 19.5 Å². The highest BCUT2D eigenvalue weighted by molar-refractivity contribution is 5.92. The Morgan fingerprint density at radius 3 is 2.43 bits per heavy atom. The van der Waals surface area contributed by atoms with E-state index >= 15 is 0 Å². The van der Waals surface area contributed by atoms with E-state index in [0.717, 1.165) is 0 Å². The zero-order chi connectivity index (χ0) is 17.3. The molecule has 1 amide bonds. The van der Waals surface area contributed by atoms with Crippen molar-refractivity contribution in [3.8, 4) is 6.07 Å². The number of nitrogens with one attached hydrogen (secondary N) is 1. The number of hydrogen-bond acceptors (Lipinski definition) is 7. The van der Waals surface area contributed by atoms with Gasteiger partial charge < -0.3 is 19.4 Å². The van der Waals surface area contributed by atoms with Gasteiger partial charge in [-0.1, -0.05) is 30.3 Å². The van der Waals surface area contributed by atoms with Gasteiger partial charge in [0.2, 0.25) is 5.54 Å². The number of aliphatic carboxylic acids is 1. The minimum Gasteiger partial charge on any atom is -0.550 e. The molecule has 0 fully saturated rings. The Hall–Kier alpha value is -3.08. The number of rotatable bonds is 7. The lowest BCUT2D eigenvalue weighted by Crippen LogP contribution is -2.57. The highest BCUT2D eigenvalue weighted by Gasteiger charge is 2.43. The van der Waals surface area contributed by atoms with Crippen LogP contribution in [0.15, 0.2) is 30.3 Å². The average Bonchev–Trinajstić information content (AvgIpc) is 2.53. The molecule has 8 heteroatoms. The predicted octanol–water partition coefficient (Wildman–Crippen LogP) is -0.122. The van der Waals surface area contributed by atoms with Crippen molar-refractivity contribution < 1.29 is 29.0 Å². The maximum atomic E-state index is 11.8. The number of carboxylic acids is 1.